The summed E-state index contributed by atoms with van der Waals surface area (Å²) in [6.45, 7) is 4.61. The van der Waals surface area contributed by atoms with Gasteiger partial charge < -0.3 is 16.4 Å². The molecular formula is C10H18N4OS. The third kappa shape index (κ3) is 4.48. The summed E-state index contributed by atoms with van der Waals surface area (Å²) in [5.41, 5.74) is 5.53. The van der Waals surface area contributed by atoms with E-state index in [1.54, 1.807) is 6.20 Å². The number of aromatic nitrogens is 1. The van der Waals surface area contributed by atoms with E-state index in [-0.39, 0.29) is 11.9 Å². The van der Waals surface area contributed by atoms with E-state index in [1.807, 2.05) is 13.8 Å². The molecule has 1 unspecified atom stereocenters. The first-order chi connectivity index (χ1) is 7.61. The van der Waals surface area contributed by atoms with Crippen molar-refractivity contribution in [3.63, 3.8) is 0 Å². The highest BCUT2D eigenvalue weighted by Gasteiger charge is 2.05. The second-order valence-corrected chi connectivity index (χ2v) is 4.68. The molecule has 1 atom stereocenters. The monoisotopic (exact) mass is 242 g/mol. The molecule has 0 aliphatic carbocycles. The molecule has 6 heteroatoms. The number of hydrogen-bond acceptors (Lipinski definition) is 5. The van der Waals surface area contributed by atoms with Gasteiger partial charge in [0.05, 0.1) is 6.20 Å². The average Bonchev–Trinajstić information content (AvgIpc) is 2.64. The fraction of sp³-hybridized carbons (Fsp3) is 0.600. The van der Waals surface area contributed by atoms with Gasteiger partial charge in [-0.15, -0.1) is 0 Å². The zero-order chi connectivity index (χ0) is 12.0. The lowest BCUT2D eigenvalue weighted by Crippen LogP contribution is -2.32. The van der Waals surface area contributed by atoms with Gasteiger partial charge in [-0.3, -0.25) is 4.79 Å². The third-order valence-electron chi connectivity index (χ3n) is 2.17. The van der Waals surface area contributed by atoms with Gasteiger partial charge in [0.25, 0.3) is 0 Å². The van der Waals surface area contributed by atoms with Gasteiger partial charge in [-0.05, 0) is 13.3 Å². The number of nitrogens with two attached hydrogens (primary N) is 1. The highest BCUT2D eigenvalue weighted by atomic mass is 32.1. The minimum atomic E-state index is 0.0615. The van der Waals surface area contributed by atoms with Crippen LogP contribution >= 0.6 is 11.3 Å². The van der Waals surface area contributed by atoms with Crippen molar-refractivity contribution in [1.29, 1.82) is 0 Å². The molecule has 0 aromatic carbocycles. The topological polar surface area (TPSA) is 80.0 Å². The maximum atomic E-state index is 11.4. The molecule has 90 valence electrons. The normalized spacial score (nSPS) is 12.1. The lowest BCUT2D eigenvalue weighted by Gasteiger charge is -2.11. The van der Waals surface area contributed by atoms with E-state index in [9.17, 15) is 4.79 Å². The first-order valence-corrected chi connectivity index (χ1v) is 6.18. The molecule has 0 aliphatic rings. The van der Waals surface area contributed by atoms with E-state index >= 15 is 0 Å². The standard InChI is InChI=1S/C10H18N4OS/c1-3-7(2)14-9(15)4-5-12-10-13-6-8(11)16-10/h6-7H,3-5,11H2,1-2H3,(H,12,13)(H,14,15). The van der Waals surface area contributed by atoms with Crippen LogP contribution in [0, 0.1) is 0 Å². The van der Waals surface area contributed by atoms with Crippen LogP contribution in [0.2, 0.25) is 0 Å². The van der Waals surface area contributed by atoms with Crippen molar-refractivity contribution in [3.05, 3.63) is 6.20 Å². The number of nitrogens with zero attached hydrogens (tertiary/aromatic N) is 1. The van der Waals surface area contributed by atoms with Crippen molar-refractivity contribution < 1.29 is 4.79 Å². The average molecular weight is 242 g/mol. The van der Waals surface area contributed by atoms with Gasteiger partial charge in [-0.25, -0.2) is 4.98 Å². The molecule has 1 heterocycles. The molecule has 0 spiro atoms. The van der Waals surface area contributed by atoms with Crippen molar-refractivity contribution >= 4 is 27.4 Å². The Morgan fingerprint density at radius 1 is 1.69 bits per heavy atom. The Morgan fingerprint density at radius 3 is 3.00 bits per heavy atom. The van der Waals surface area contributed by atoms with Crippen molar-refractivity contribution in [2.24, 2.45) is 0 Å². The number of rotatable bonds is 6. The summed E-state index contributed by atoms with van der Waals surface area (Å²) in [6, 6.07) is 0.239. The van der Waals surface area contributed by atoms with Gasteiger partial charge in [0.1, 0.15) is 5.00 Å². The predicted molar refractivity (Wildman–Crippen MR) is 67.5 cm³/mol. The van der Waals surface area contributed by atoms with Crippen LogP contribution in [-0.2, 0) is 4.79 Å². The van der Waals surface area contributed by atoms with E-state index in [0.717, 1.165) is 11.6 Å². The van der Waals surface area contributed by atoms with E-state index in [4.69, 9.17) is 5.73 Å². The molecule has 1 aromatic heterocycles. The zero-order valence-electron chi connectivity index (χ0n) is 9.62. The quantitative estimate of drug-likeness (QED) is 0.705. The van der Waals surface area contributed by atoms with Gasteiger partial charge in [-0.1, -0.05) is 18.3 Å². The van der Waals surface area contributed by atoms with Gasteiger partial charge in [0.2, 0.25) is 5.91 Å². The predicted octanol–water partition coefficient (Wildman–Crippen LogP) is 1.44. The Bertz CT molecular complexity index is 339. The minimum Gasteiger partial charge on any atom is -0.389 e. The highest BCUT2D eigenvalue weighted by molar-refractivity contribution is 7.19. The Labute approximate surface area is 99.4 Å². The number of nitrogens with one attached hydrogen (secondary N) is 2. The van der Waals surface area contributed by atoms with Crippen LogP contribution < -0.4 is 16.4 Å². The van der Waals surface area contributed by atoms with Gasteiger partial charge >= 0.3 is 0 Å². The van der Waals surface area contributed by atoms with Crippen LogP contribution in [-0.4, -0.2) is 23.5 Å². The van der Waals surface area contributed by atoms with Crippen LogP contribution in [0.3, 0.4) is 0 Å². The van der Waals surface area contributed by atoms with Crippen molar-refractivity contribution in [2.45, 2.75) is 32.7 Å². The number of anilines is 2. The molecule has 1 amide bonds. The maximum Gasteiger partial charge on any atom is 0.221 e. The number of amides is 1. The van der Waals surface area contributed by atoms with Crippen LogP contribution in [0.5, 0.6) is 0 Å². The third-order valence-corrected chi connectivity index (χ3v) is 2.96. The first kappa shape index (κ1) is 12.8. The van der Waals surface area contributed by atoms with Crippen LogP contribution in [0.15, 0.2) is 6.20 Å². The molecule has 0 saturated heterocycles. The highest BCUT2D eigenvalue weighted by Crippen LogP contribution is 2.18. The fourth-order valence-electron chi connectivity index (χ4n) is 1.10. The van der Waals surface area contributed by atoms with Gasteiger partial charge in [-0.2, -0.15) is 0 Å². The Balaban J connectivity index is 2.18. The smallest absolute Gasteiger partial charge is 0.221 e. The number of carbonyl (C=O) groups is 1. The van der Waals surface area contributed by atoms with Crippen LogP contribution in [0.25, 0.3) is 0 Å². The largest absolute Gasteiger partial charge is 0.389 e. The minimum absolute atomic E-state index is 0.0615. The van der Waals surface area contributed by atoms with E-state index in [2.05, 4.69) is 15.6 Å². The molecule has 0 saturated carbocycles. The summed E-state index contributed by atoms with van der Waals surface area (Å²) in [6.07, 6.45) is 3.00. The Morgan fingerprint density at radius 2 is 2.44 bits per heavy atom. The molecule has 1 rings (SSSR count). The molecule has 5 nitrogen and oxygen atoms in total. The number of carbonyl (C=O) groups excluding carboxylic acids is 1. The van der Waals surface area contributed by atoms with Crippen molar-refractivity contribution in [1.82, 2.24) is 10.3 Å². The maximum absolute atomic E-state index is 11.4. The Hall–Kier alpha value is -1.30. The van der Waals surface area contributed by atoms with Crippen LogP contribution in [0.4, 0.5) is 10.1 Å². The second-order valence-electron chi connectivity index (χ2n) is 3.62. The van der Waals surface area contributed by atoms with Crippen molar-refractivity contribution in [3.8, 4) is 0 Å². The van der Waals surface area contributed by atoms with E-state index < -0.39 is 0 Å². The molecule has 4 N–H and O–H groups in total. The summed E-state index contributed by atoms with van der Waals surface area (Å²) >= 11 is 1.38. The Kier molecular flexibility index (Phi) is 5.04. The lowest BCUT2D eigenvalue weighted by atomic mass is 10.2. The van der Waals surface area contributed by atoms with Crippen LogP contribution in [0.1, 0.15) is 26.7 Å². The molecule has 0 bridgehead atoms. The summed E-state index contributed by atoms with van der Waals surface area (Å²) in [5, 5.41) is 7.39. The number of nitrogen functional groups attached to an aromatic ring is 1. The SMILES string of the molecule is CCC(C)NC(=O)CCNc1ncc(N)s1. The van der Waals surface area contributed by atoms with Gasteiger partial charge in [0, 0.05) is 19.0 Å². The first-order valence-electron chi connectivity index (χ1n) is 5.36. The fourth-order valence-corrected chi connectivity index (χ4v) is 1.71. The number of hydrogen-bond donors (Lipinski definition) is 3. The van der Waals surface area contributed by atoms with E-state index in [1.165, 1.54) is 11.3 Å². The molecule has 1 aromatic rings. The summed E-state index contributed by atoms with van der Waals surface area (Å²) in [7, 11) is 0. The molecule has 0 aliphatic heterocycles. The number of thiazole rings is 1. The molecule has 16 heavy (non-hydrogen) atoms. The summed E-state index contributed by atoms with van der Waals surface area (Å²) in [5.74, 6) is 0.0615. The zero-order valence-corrected chi connectivity index (χ0v) is 10.4. The van der Waals surface area contributed by atoms with Crippen molar-refractivity contribution in [2.75, 3.05) is 17.6 Å². The second kappa shape index (κ2) is 6.32. The van der Waals surface area contributed by atoms with Gasteiger partial charge in [0.15, 0.2) is 5.13 Å². The molecular weight excluding hydrogens is 224 g/mol. The van der Waals surface area contributed by atoms with E-state index in [0.29, 0.717) is 18.0 Å². The molecule has 0 radical (unpaired) electrons. The molecule has 0 fully saturated rings. The summed E-state index contributed by atoms with van der Waals surface area (Å²) in [4.78, 5) is 15.5. The summed E-state index contributed by atoms with van der Waals surface area (Å²) < 4.78 is 0. The lowest BCUT2D eigenvalue weighted by molar-refractivity contribution is -0.121.